The molecule has 0 bridgehead atoms. The van der Waals surface area contributed by atoms with E-state index in [0.29, 0.717) is 6.10 Å². The Bertz CT molecular complexity index is 594. The fourth-order valence-corrected chi connectivity index (χ4v) is 2.94. The highest BCUT2D eigenvalue weighted by Gasteiger charge is 2.14. The van der Waals surface area contributed by atoms with Gasteiger partial charge in [0, 0.05) is 23.9 Å². The molecule has 0 spiro atoms. The molecule has 0 radical (unpaired) electrons. The lowest BCUT2D eigenvalue weighted by molar-refractivity contribution is 0.102. The van der Waals surface area contributed by atoms with Gasteiger partial charge in [0.1, 0.15) is 0 Å². The SMILES string of the molecule is Cc1nnc(NCCCCC2CCCO2)c2ccccc12. The first-order chi connectivity index (χ1) is 10.3. The lowest BCUT2D eigenvalue weighted by atomic mass is 10.1. The van der Waals surface area contributed by atoms with Crippen LogP contribution in [0.3, 0.4) is 0 Å². The summed E-state index contributed by atoms with van der Waals surface area (Å²) >= 11 is 0. The maximum atomic E-state index is 5.65. The van der Waals surface area contributed by atoms with Crippen LogP contribution in [0.2, 0.25) is 0 Å². The van der Waals surface area contributed by atoms with Crippen LogP contribution in [-0.2, 0) is 4.74 Å². The average Bonchev–Trinajstić information content (AvgIpc) is 3.03. The fourth-order valence-electron chi connectivity index (χ4n) is 2.94. The molecule has 2 heterocycles. The quantitative estimate of drug-likeness (QED) is 0.822. The summed E-state index contributed by atoms with van der Waals surface area (Å²) < 4.78 is 5.65. The number of anilines is 1. The number of nitrogens with zero attached hydrogens (tertiary/aromatic N) is 2. The summed E-state index contributed by atoms with van der Waals surface area (Å²) in [5.41, 5.74) is 0.981. The smallest absolute Gasteiger partial charge is 0.156 e. The van der Waals surface area contributed by atoms with E-state index in [2.05, 4.69) is 27.6 Å². The first-order valence-electron chi connectivity index (χ1n) is 7.92. The fraction of sp³-hybridized carbons (Fsp3) is 0.529. The lowest BCUT2D eigenvalue weighted by Crippen LogP contribution is -2.08. The van der Waals surface area contributed by atoms with Gasteiger partial charge in [-0.15, -0.1) is 5.10 Å². The minimum atomic E-state index is 0.505. The average molecular weight is 285 g/mol. The standard InChI is InChI=1S/C17H23N3O/c1-13-15-9-2-3-10-16(15)17(20-19-13)18-11-5-4-7-14-8-6-12-21-14/h2-3,9-10,14H,4-8,11-12H2,1H3,(H,18,20). The molecule has 4 heteroatoms. The van der Waals surface area contributed by atoms with E-state index in [0.717, 1.165) is 36.5 Å². The van der Waals surface area contributed by atoms with E-state index in [1.54, 1.807) is 0 Å². The molecule has 21 heavy (non-hydrogen) atoms. The second-order valence-electron chi connectivity index (χ2n) is 5.74. The Morgan fingerprint density at radius 1 is 1.19 bits per heavy atom. The van der Waals surface area contributed by atoms with Gasteiger partial charge in [-0.25, -0.2) is 0 Å². The summed E-state index contributed by atoms with van der Waals surface area (Å²) in [6.07, 6.45) is 6.50. The molecule has 0 amide bonds. The van der Waals surface area contributed by atoms with Crippen molar-refractivity contribution in [2.75, 3.05) is 18.5 Å². The van der Waals surface area contributed by atoms with Crippen LogP contribution in [0.1, 0.15) is 37.8 Å². The first-order valence-corrected chi connectivity index (χ1v) is 7.92. The van der Waals surface area contributed by atoms with Gasteiger partial charge in [-0.2, -0.15) is 5.10 Å². The molecule has 4 nitrogen and oxygen atoms in total. The molecule has 1 aromatic heterocycles. The highest BCUT2D eigenvalue weighted by molar-refractivity contribution is 5.92. The van der Waals surface area contributed by atoms with E-state index >= 15 is 0 Å². The molecule has 0 aliphatic carbocycles. The van der Waals surface area contributed by atoms with Crippen molar-refractivity contribution >= 4 is 16.6 Å². The van der Waals surface area contributed by atoms with Crippen molar-refractivity contribution in [3.05, 3.63) is 30.0 Å². The number of hydrogen-bond acceptors (Lipinski definition) is 4. The molecule has 3 rings (SSSR count). The Hall–Kier alpha value is -1.68. The van der Waals surface area contributed by atoms with Crippen LogP contribution in [0.4, 0.5) is 5.82 Å². The van der Waals surface area contributed by atoms with Crippen LogP contribution in [0, 0.1) is 6.92 Å². The molecule has 1 atom stereocenters. The summed E-state index contributed by atoms with van der Waals surface area (Å²) in [5.74, 6) is 0.897. The third-order valence-electron chi connectivity index (χ3n) is 4.14. The zero-order valence-corrected chi connectivity index (χ0v) is 12.6. The molecular weight excluding hydrogens is 262 g/mol. The number of aromatic nitrogens is 2. The molecule has 1 fully saturated rings. The van der Waals surface area contributed by atoms with Gasteiger partial charge in [-0.05, 0) is 39.0 Å². The molecule has 112 valence electrons. The van der Waals surface area contributed by atoms with Gasteiger partial charge in [0.25, 0.3) is 0 Å². The van der Waals surface area contributed by atoms with E-state index in [-0.39, 0.29) is 0 Å². The van der Waals surface area contributed by atoms with Crippen LogP contribution in [0.15, 0.2) is 24.3 Å². The van der Waals surface area contributed by atoms with Crippen LogP contribution in [-0.4, -0.2) is 29.5 Å². The lowest BCUT2D eigenvalue weighted by Gasteiger charge is -2.11. The minimum Gasteiger partial charge on any atom is -0.378 e. The van der Waals surface area contributed by atoms with Gasteiger partial charge in [0.2, 0.25) is 0 Å². The number of rotatable bonds is 6. The summed E-state index contributed by atoms with van der Waals surface area (Å²) in [4.78, 5) is 0. The highest BCUT2D eigenvalue weighted by atomic mass is 16.5. The third kappa shape index (κ3) is 3.50. The predicted molar refractivity (Wildman–Crippen MR) is 85.6 cm³/mol. The molecule has 1 aromatic carbocycles. The van der Waals surface area contributed by atoms with Crippen molar-refractivity contribution in [3.8, 4) is 0 Å². The maximum Gasteiger partial charge on any atom is 0.156 e. The second-order valence-corrected chi connectivity index (χ2v) is 5.74. The van der Waals surface area contributed by atoms with E-state index in [1.165, 1.54) is 31.1 Å². The maximum absolute atomic E-state index is 5.65. The first kappa shape index (κ1) is 14.3. The van der Waals surface area contributed by atoms with Crippen LogP contribution >= 0.6 is 0 Å². The molecule has 1 aliphatic heterocycles. The van der Waals surface area contributed by atoms with Crippen molar-refractivity contribution in [3.63, 3.8) is 0 Å². The van der Waals surface area contributed by atoms with E-state index in [1.807, 2.05) is 19.1 Å². The Balaban J connectivity index is 1.52. The van der Waals surface area contributed by atoms with E-state index < -0.39 is 0 Å². The summed E-state index contributed by atoms with van der Waals surface area (Å²) in [6, 6.07) is 8.29. The number of unbranched alkanes of at least 4 members (excludes halogenated alkanes) is 1. The highest BCUT2D eigenvalue weighted by Crippen LogP contribution is 2.22. The number of fused-ring (bicyclic) bond motifs is 1. The second kappa shape index (κ2) is 6.85. The van der Waals surface area contributed by atoms with Gasteiger partial charge in [-0.1, -0.05) is 24.3 Å². The van der Waals surface area contributed by atoms with Crippen molar-refractivity contribution in [1.82, 2.24) is 10.2 Å². The summed E-state index contributed by atoms with van der Waals surface area (Å²) in [6.45, 7) is 3.89. The van der Waals surface area contributed by atoms with E-state index in [9.17, 15) is 0 Å². The normalized spacial score (nSPS) is 18.2. The molecule has 1 unspecified atom stereocenters. The topological polar surface area (TPSA) is 47.0 Å². The predicted octanol–water partition coefficient (Wildman–Crippen LogP) is 3.70. The monoisotopic (exact) mass is 285 g/mol. The molecular formula is C17H23N3O. The largest absolute Gasteiger partial charge is 0.378 e. The molecule has 1 aliphatic rings. The van der Waals surface area contributed by atoms with Crippen LogP contribution in [0.25, 0.3) is 10.8 Å². The number of hydrogen-bond donors (Lipinski definition) is 1. The molecule has 0 saturated carbocycles. The third-order valence-corrected chi connectivity index (χ3v) is 4.14. The van der Waals surface area contributed by atoms with Crippen molar-refractivity contribution < 1.29 is 4.74 Å². The Morgan fingerprint density at radius 2 is 2.05 bits per heavy atom. The van der Waals surface area contributed by atoms with Gasteiger partial charge >= 0.3 is 0 Å². The van der Waals surface area contributed by atoms with Gasteiger partial charge < -0.3 is 10.1 Å². The number of nitrogens with one attached hydrogen (secondary N) is 1. The number of aryl methyl sites for hydroxylation is 1. The summed E-state index contributed by atoms with van der Waals surface area (Å²) in [7, 11) is 0. The van der Waals surface area contributed by atoms with Crippen molar-refractivity contribution in [2.24, 2.45) is 0 Å². The minimum absolute atomic E-state index is 0.505. The molecule has 2 aromatic rings. The van der Waals surface area contributed by atoms with Crippen LogP contribution in [0.5, 0.6) is 0 Å². The van der Waals surface area contributed by atoms with Gasteiger partial charge in [0.05, 0.1) is 11.8 Å². The van der Waals surface area contributed by atoms with Gasteiger partial charge in [-0.3, -0.25) is 0 Å². The van der Waals surface area contributed by atoms with Crippen molar-refractivity contribution in [2.45, 2.75) is 45.1 Å². The summed E-state index contributed by atoms with van der Waals surface area (Å²) in [5, 5.41) is 14.3. The van der Waals surface area contributed by atoms with Crippen LogP contribution < -0.4 is 5.32 Å². The Kier molecular flexibility index (Phi) is 4.65. The molecule has 1 N–H and O–H groups in total. The number of ether oxygens (including phenoxy) is 1. The zero-order valence-electron chi connectivity index (χ0n) is 12.6. The Labute approximate surface area is 125 Å². The van der Waals surface area contributed by atoms with Gasteiger partial charge in [0.15, 0.2) is 5.82 Å². The van der Waals surface area contributed by atoms with Crippen molar-refractivity contribution in [1.29, 1.82) is 0 Å². The molecule has 1 saturated heterocycles. The zero-order chi connectivity index (χ0) is 14.5. The number of benzene rings is 1. The Morgan fingerprint density at radius 3 is 2.86 bits per heavy atom. The van der Waals surface area contributed by atoms with E-state index in [4.69, 9.17) is 4.74 Å².